The summed E-state index contributed by atoms with van der Waals surface area (Å²) in [5, 5.41) is 0. The van der Waals surface area contributed by atoms with Gasteiger partial charge in [-0.3, -0.25) is 0 Å². The summed E-state index contributed by atoms with van der Waals surface area (Å²) >= 11 is 0. The van der Waals surface area contributed by atoms with Crippen molar-refractivity contribution in [1.82, 2.24) is 0 Å². The molecule has 0 aliphatic heterocycles. The minimum Gasteiger partial charge on any atom is -0.322 e. The summed E-state index contributed by atoms with van der Waals surface area (Å²) in [7, 11) is 0. The summed E-state index contributed by atoms with van der Waals surface area (Å²) in [4.78, 5) is 0. The van der Waals surface area contributed by atoms with Crippen molar-refractivity contribution in [2.75, 3.05) is 0 Å². The van der Waals surface area contributed by atoms with Gasteiger partial charge in [0.1, 0.15) is 0 Å². The summed E-state index contributed by atoms with van der Waals surface area (Å²) in [6.07, 6.45) is 8.85. The van der Waals surface area contributed by atoms with Gasteiger partial charge in [-0.1, -0.05) is 113 Å². The molecule has 1 aliphatic rings. The van der Waals surface area contributed by atoms with Crippen molar-refractivity contribution in [3.05, 3.63) is 94.0 Å². The number of fused-ring (bicyclic) bond motifs is 3. The maximum atomic E-state index is 6.49. The van der Waals surface area contributed by atoms with Crippen LogP contribution in [0.1, 0.15) is 87.3 Å². The lowest BCUT2D eigenvalue weighted by atomic mass is 9.81. The molecule has 0 bridgehead atoms. The predicted octanol–water partition coefficient (Wildman–Crippen LogP) is 8.09. The smallest absolute Gasteiger partial charge is 0.0380 e. The number of nitrogens with two attached hydrogens (primary N) is 1. The summed E-state index contributed by atoms with van der Waals surface area (Å²) in [6, 6.07) is 22.7. The Labute approximate surface area is 194 Å². The molecular formula is C31H37N. The lowest BCUT2D eigenvalue weighted by molar-refractivity contribution is 0.447. The molecule has 0 saturated carbocycles. The lowest BCUT2D eigenvalue weighted by Crippen LogP contribution is -2.32. The molecular weight excluding hydrogens is 386 g/mol. The molecule has 0 fully saturated rings. The maximum absolute atomic E-state index is 6.49. The minimum absolute atomic E-state index is 0.0325. The van der Waals surface area contributed by atoms with Gasteiger partial charge in [0, 0.05) is 11.0 Å². The Morgan fingerprint density at radius 1 is 0.781 bits per heavy atom. The first-order valence-corrected chi connectivity index (χ1v) is 12.1. The van der Waals surface area contributed by atoms with Crippen molar-refractivity contribution in [3.8, 4) is 11.1 Å². The minimum atomic E-state index is -0.255. The second-order valence-corrected chi connectivity index (χ2v) is 10.2. The van der Waals surface area contributed by atoms with Gasteiger partial charge in [-0.15, -0.1) is 0 Å². The summed E-state index contributed by atoms with van der Waals surface area (Å²) in [5.74, 6) is 0. The Hall–Kier alpha value is -2.64. The van der Waals surface area contributed by atoms with Gasteiger partial charge in [0.25, 0.3) is 0 Å². The Morgan fingerprint density at radius 3 is 2.03 bits per heavy atom. The highest BCUT2D eigenvalue weighted by atomic mass is 14.7. The van der Waals surface area contributed by atoms with Crippen LogP contribution in [0.2, 0.25) is 0 Å². The topological polar surface area (TPSA) is 26.0 Å². The van der Waals surface area contributed by atoms with Gasteiger partial charge in [-0.05, 0) is 64.3 Å². The number of benzene rings is 3. The first kappa shape index (κ1) is 22.6. The van der Waals surface area contributed by atoms with E-state index in [1.54, 1.807) is 0 Å². The van der Waals surface area contributed by atoms with Crippen molar-refractivity contribution in [2.45, 2.75) is 71.3 Å². The van der Waals surface area contributed by atoms with E-state index >= 15 is 0 Å². The number of hydrogen-bond donors (Lipinski definition) is 1. The first-order chi connectivity index (χ1) is 15.3. The molecule has 2 N–H and O–H groups in total. The van der Waals surface area contributed by atoms with E-state index in [9.17, 15) is 0 Å². The molecule has 1 atom stereocenters. The molecule has 0 saturated heterocycles. The zero-order valence-electron chi connectivity index (χ0n) is 20.3. The molecule has 0 aromatic heterocycles. The first-order valence-electron chi connectivity index (χ1n) is 12.1. The van der Waals surface area contributed by atoms with Gasteiger partial charge in [-0.2, -0.15) is 0 Å². The van der Waals surface area contributed by atoms with Crippen molar-refractivity contribution in [2.24, 2.45) is 5.73 Å². The molecule has 32 heavy (non-hydrogen) atoms. The molecule has 166 valence electrons. The van der Waals surface area contributed by atoms with E-state index in [4.69, 9.17) is 5.73 Å². The van der Waals surface area contributed by atoms with Crippen LogP contribution in [-0.2, 0) is 17.4 Å². The Bertz CT molecular complexity index is 1130. The number of aryl methyl sites for hydroxylation is 1. The van der Waals surface area contributed by atoms with Crippen LogP contribution in [-0.4, -0.2) is 0 Å². The Kier molecular flexibility index (Phi) is 6.14. The Morgan fingerprint density at radius 2 is 1.38 bits per heavy atom. The van der Waals surface area contributed by atoms with Gasteiger partial charge in [0.05, 0.1) is 0 Å². The molecule has 0 amide bonds. The van der Waals surface area contributed by atoms with Crippen molar-refractivity contribution in [3.63, 3.8) is 0 Å². The van der Waals surface area contributed by atoms with Crippen LogP contribution < -0.4 is 5.73 Å². The molecule has 0 heterocycles. The van der Waals surface area contributed by atoms with E-state index in [1.165, 1.54) is 50.9 Å². The van der Waals surface area contributed by atoms with E-state index in [0.717, 1.165) is 19.3 Å². The summed E-state index contributed by atoms with van der Waals surface area (Å²) in [5.41, 5.74) is 17.0. The van der Waals surface area contributed by atoms with Crippen LogP contribution in [0.4, 0.5) is 0 Å². The molecule has 3 aromatic rings. The quantitative estimate of drug-likeness (QED) is 0.382. The third-order valence-corrected chi connectivity index (χ3v) is 7.11. The summed E-state index contributed by atoms with van der Waals surface area (Å²) in [6.45, 7) is 11.3. The van der Waals surface area contributed by atoms with Crippen LogP contribution in [0.25, 0.3) is 23.3 Å². The van der Waals surface area contributed by atoms with Crippen LogP contribution in [0, 0.1) is 0 Å². The fraction of sp³-hybridized carbons (Fsp3) is 0.355. The molecule has 1 nitrogen and oxygen atoms in total. The van der Waals surface area contributed by atoms with Gasteiger partial charge in [0.15, 0.2) is 0 Å². The lowest BCUT2D eigenvalue weighted by Gasteiger charge is -2.24. The second-order valence-electron chi connectivity index (χ2n) is 10.2. The molecule has 3 aromatic carbocycles. The zero-order chi connectivity index (χ0) is 22.9. The van der Waals surface area contributed by atoms with E-state index in [2.05, 4.69) is 107 Å². The van der Waals surface area contributed by atoms with E-state index in [-0.39, 0.29) is 11.0 Å². The molecule has 0 radical (unpaired) electrons. The van der Waals surface area contributed by atoms with Crippen molar-refractivity contribution >= 4 is 12.2 Å². The van der Waals surface area contributed by atoms with Crippen LogP contribution in [0.3, 0.4) is 0 Å². The van der Waals surface area contributed by atoms with Crippen LogP contribution >= 0.6 is 0 Å². The highest BCUT2D eigenvalue weighted by molar-refractivity contribution is 5.83. The van der Waals surface area contributed by atoms with Crippen LogP contribution in [0.5, 0.6) is 0 Å². The third kappa shape index (κ3) is 4.19. The van der Waals surface area contributed by atoms with Crippen molar-refractivity contribution in [1.29, 1.82) is 0 Å². The normalized spacial score (nSPS) is 16.1. The monoisotopic (exact) mass is 423 g/mol. The highest BCUT2D eigenvalue weighted by Crippen LogP contribution is 2.49. The molecule has 1 heteroatoms. The fourth-order valence-electron chi connectivity index (χ4n) is 5.18. The Balaban J connectivity index is 1.59. The zero-order valence-corrected chi connectivity index (χ0v) is 20.3. The molecule has 1 unspecified atom stereocenters. The molecule has 0 spiro atoms. The van der Waals surface area contributed by atoms with Crippen LogP contribution in [0.15, 0.2) is 60.7 Å². The second kappa shape index (κ2) is 8.71. The largest absolute Gasteiger partial charge is 0.322 e. The van der Waals surface area contributed by atoms with E-state index in [0.29, 0.717) is 0 Å². The standard InChI is InChI=1S/C31H37N/c1-6-8-23-13-17-26-27-18-14-24(21-29(27)30(3,4)28(26)20-23)10-9-22-11-15-25(16-12-22)31(5,32)19-7-2/h9-18,20-21H,6-8,19,32H2,1-5H3/b10-9+. The van der Waals surface area contributed by atoms with E-state index in [1.807, 2.05) is 0 Å². The fourth-order valence-corrected chi connectivity index (χ4v) is 5.18. The molecule has 1 aliphatic carbocycles. The average Bonchev–Trinajstić information content (AvgIpc) is 2.99. The number of hydrogen-bond acceptors (Lipinski definition) is 1. The number of rotatable bonds is 7. The van der Waals surface area contributed by atoms with E-state index < -0.39 is 0 Å². The maximum Gasteiger partial charge on any atom is 0.0380 e. The van der Waals surface area contributed by atoms with Gasteiger partial charge >= 0.3 is 0 Å². The average molecular weight is 424 g/mol. The third-order valence-electron chi connectivity index (χ3n) is 7.11. The summed E-state index contributed by atoms with van der Waals surface area (Å²) < 4.78 is 0. The van der Waals surface area contributed by atoms with Gasteiger partial charge < -0.3 is 5.73 Å². The highest BCUT2D eigenvalue weighted by Gasteiger charge is 2.35. The van der Waals surface area contributed by atoms with Gasteiger partial charge in [-0.25, -0.2) is 0 Å². The van der Waals surface area contributed by atoms with Gasteiger partial charge in [0.2, 0.25) is 0 Å². The molecule has 4 rings (SSSR count). The predicted molar refractivity (Wildman–Crippen MR) is 140 cm³/mol. The SMILES string of the molecule is CCCc1ccc2c(c1)C(C)(C)c1cc(/C=C/c3ccc(C(C)(N)CCC)cc3)ccc1-2. The van der Waals surface area contributed by atoms with Crippen molar-refractivity contribution < 1.29 is 0 Å².